The number of benzene rings is 2. The van der Waals surface area contributed by atoms with Crippen molar-refractivity contribution in [3.8, 4) is 0 Å². The van der Waals surface area contributed by atoms with E-state index in [2.05, 4.69) is 88.5 Å². The predicted molar refractivity (Wildman–Crippen MR) is 96.9 cm³/mol. The highest BCUT2D eigenvalue weighted by molar-refractivity contribution is 6.32. The van der Waals surface area contributed by atoms with E-state index in [0.29, 0.717) is 0 Å². The molecule has 2 aromatic carbocycles. The van der Waals surface area contributed by atoms with Gasteiger partial charge >= 0.3 is 0 Å². The van der Waals surface area contributed by atoms with E-state index in [1.54, 1.807) is 0 Å². The highest BCUT2D eigenvalue weighted by atomic mass is 14.0. The molecule has 0 saturated heterocycles. The molecule has 2 rings (SSSR count). The minimum absolute atomic E-state index is 0.977. The summed E-state index contributed by atoms with van der Waals surface area (Å²) < 4.78 is 0. The lowest BCUT2D eigenvalue weighted by Crippen LogP contribution is -2.02. The van der Waals surface area contributed by atoms with Crippen molar-refractivity contribution in [3.63, 3.8) is 0 Å². The molecule has 0 aliphatic rings. The average Bonchev–Trinajstić information content (AvgIpc) is 2.49. The minimum Gasteiger partial charge on any atom is -0.0884 e. The molecule has 106 valence electrons. The molecule has 0 amide bonds. The van der Waals surface area contributed by atoms with Crippen LogP contribution in [0.25, 0.3) is 6.08 Å². The summed E-state index contributed by atoms with van der Waals surface area (Å²) in [7, 11) is 2.15. The highest BCUT2D eigenvalue weighted by Crippen LogP contribution is 2.16. The number of hydrogen-bond donors (Lipinski definition) is 0. The van der Waals surface area contributed by atoms with Crippen LogP contribution < -0.4 is 5.46 Å². The summed E-state index contributed by atoms with van der Waals surface area (Å²) in [6.45, 7) is 4.35. The highest BCUT2D eigenvalue weighted by Gasteiger charge is 2.00. The van der Waals surface area contributed by atoms with E-state index >= 15 is 0 Å². The van der Waals surface area contributed by atoms with E-state index in [-0.39, 0.29) is 0 Å². The molecule has 0 unspecified atom stereocenters. The smallest absolute Gasteiger partial charge is 0.0884 e. The maximum absolute atomic E-state index is 2.32. The van der Waals surface area contributed by atoms with Gasteiger partial charge in [0.05, 0.1) is 0 Å². The molecule has 0 saturated carbocycles. The quantitative estimate of drug-likeness (QED) is 0.574. The Morgan fingerprint density at radius 1 is 1.10 bits per heavy atom. The summed E-state index contributed by atoms with van der Waals surface area (Å²) in [6.07, 6.45) is 8.86. The van der Waals surface area contributed by atoms with Crippen LogP contribution >= 0.6 is 0 Å². The van der Waals surface area contributed by atoms with Gasteiger partial charge in [-0.1, -0.05) is 79.1 Å². The molecule has 0 nitrogen and oxygen atoms in total. The standard InChI is InChI=1S/C20H23B/c1-3-4-8-18(13-17-9-6-5-7-10-17)14-19-15-20(21)12-11-16(19)2/h4-12,14-15H,3,13,21H2,1-2H3/b8-4+,18-14+. The van der Waals surface area contributed by atoms with Crippen molar-refractivity contribution >= 4 is 19.4 Å². The van der Waals surface area contributed by atoms with Gasteiger partial charge in [0.15, 0.2) is 0 Å². The van der Waals surface area contributed by atoms with Crippen LogP contribution in [0.5, 0.6) is 0 Å². The van der Waals surface area contributed by atoms with E-state index in [4.69, 9.17) is 0 Å². The van der Waals surface area contributed by atoms with Gasteiger partial charge in [0.2, 0.25) is 0 Å². The van der Waals surface area contributed by atoms with Crippen molar-refractivity contribution in [2.45, 2.75) is 26.7 Å². The van der Waals surface area contributed by atoms with E-state index in [1.165, 1.54) is 27.7 Å². The van der Waals surface area contributed by atoms with Crippen LogP contribution in [0.15, 0.2) is 66.3 Å². The van der Waals surface area contributed by atoms with Crippen LogP contribution in [0.1, 0.15) is 30.0 Å². The fourth-order valence-corrected chi connectivity index (χ4v) is 2.37. The molecule has 0 N–H and O–H groups in total. The van der Waals surface area contributed by atoms with Crippen LogP contribution in [0, 0.1) is 6.92 Å². The van der Waals surface area contributed by atoms with Crippen molar-refractivity contribution in [2.24, 2.45) is 0 Å². The Bertz CT molecular complexity index is 636. The predicted octanol–water partition coefficient (Wildman–Crippen LogP) is 3.85. The van der Waals surface area contributed by atoms with Gasteiger partial charge in [-0.05, 0) is 42.0 Å². The lowest BCUT2D eigenvalue weighted by Gasteiger charge is -2.07. The molecule has 0 aliphatic carbocycles. The van der Waals surface area contributed by atoms with Gasteiger partial charge in [0.25, 0.3) is 0 Å². The topological polar surface area (TPSA) is 0 Å². The molecule has 1 heteroatoms. The zero-order valence-electron chi connectivity index (χ0n) is 13.3. The molecule has 0 bridgehead atoms. The molecule has 0 aliphatic heterocycles. The van der Waals surface area contributed by atoms with E-state index < -0.39 is 0 Å². The summed E-state index contributed by atoms with van der Waals surface area (Å²) >= 11 is 0. The largest absolute Gasteiger partial charge is 0.139 e. The zero-order chi connectivity index (χ0) is 15.1. The molecule has 0 spiro atoms. The number of aryl methyl sites for hydroxylation is 1. The van der Waals surface area contributed by atoms with Crippen LogP contribution in [-0.2, 0) is 6.42 Å². The lowest BCUT2D eigenvalue weighted by molar-refractivity contribution is 1.17. The van der Waals surface area contributed by atoms with Crippen LogP contribution in [0.2, 0.25) is 0 Å². The summed E-state index contributed by atoms with van der Waals surface area (Å²) in [4.78, 5) is 0. The van der Waals surface area contributed by atoms with Crippen molar-refractivity contribution in [1.29, 1.82) is 0 Å². The van der Waals surface area contributed by atoms with Crippen molar-refractivity contribution in [1.82, 2.24) is 0 Å². The Morgan fingerprint density at radius 2 is 1.86 bits per heavy atom. The second-order valence-corrected chi connectivity index (χ2v) is 5.55. The molecular weight excluding hydrogens is 251 g/mol. The molecule has 0 aromatic heterocycles. The van der Waals surface area contributed by atoms with Crippen LogP contribution in [-0.4, -0.2) is 7.85 Å². The molecule has 0 atom stereocenters. The maximum Gasteiger partial charge on any atom is 0.139 e. The monoisotopic (exact) mass is 274 g/mol. The van der Waals surface area contributed by atoms with E-state index in [1.807, 2.05) is 0 Å². The fourth-order valence-electron chi connectivity index (χ4n) is 2.37. The van der Waals surface area contributed by atoms with Gasteiger partial charge in [0.1, 0.15) is 7.85 Å². The van der Waals surface area contributed by atoms with E-state index in [9.17, 15) is 0 Å². The average molecular weight is 274 g/mol. The number of rotatable bonds is 5. The third-order valence-electron chi connectivity index (χ3n) is 3.59. The Morgan fingerprint density at radius 3 is 2.57 bits per heavy atom. The zero-order valence-corrected chi connectivity index (χ0v) is 13.3. The minimum atomic E-state index is 0.977. The first-order valence-electron chi connectivity index (χ1n) is 7.67. The normalized spacial score (nSPS) is 12.0. The SMILES string of the molecule is Bc1ccc(C)c(/C=C(\C=C\CC)Cc2ccccc2)c1. The van der Waals surface area contributed by atoms with Gasteiger partial charge in [-0.3, -0.25) is 0 Å². The van der Waals surface area contributed by atoms with Gasteiger partial charge < -0.3 is 0 Å². The summed E-state index contributed by atoms with van der Waals surface area (Å²) in [5.74, 6) is 0. The van der Waals surface area contributed by atoms with Crippen LogP contribution in [0.3, 0.4) is 0 Å². The summed E-state index contributed by atoms with van der Waals surface area (Å²) in [5.41, 5.74) is 6.68. The number of hydrogen-bond acceptors (Lipinski definition) is 0. The molecule has 0 radical (unpaired) electrons. The Balaban J connectivity index is 2.33. The molecule has 21 heavy (non-hydrogen) atoms. The Kier molecular flexibility index (Phi) is 5.63. The van der Waals surface area contributed by atoms with Crippen molar-refractivity contribution < 1.29 is 0 Å². The lowest BCUT2D eigenvalue weighted by atomic mass is 9.91. The van der Waals surface area contributed by atoms with Gasteiger partial charge in [0, 0.05) is 0 Å². The fraction of sp³-hybridized carbons (Fsp3) is 0.200. The molecule has 0 heterocycles. The molecule has 2 aromatic rings. The first-order chi connectivity index (χ1) is 10.2. The Hall–Kier alpha value is -2.02. The first-order valence-corrected chi connectivity index (χ1v) is 7.67. The first kappa shape index (κ1) is 15.4. The van der Waals surface area contributed by atoms with Crippen LogP contribution in [0.4, 0.5) is 0 Å². The summed E-state index contributed by atoms with van der Waals surface area (Å²) in [5, 5.41) is 0. The third-order valence-corrected chi connectivity index (χ3v) is 3.59. The van der Waals surface area contributed by atoms with Gasteiger partial charge in [-0.15, -0.1) is 0 Å². The third kappa shape index (κ3) is 4.79. The van der Waals surface area contributed by atoms with E-state index in [0.717, 1.165) is 12.8 Å². The van der Waals surface area contributed by atoms with Gasteiger partial charge in [-0.2, -0.15) is 0 Å². The van der Waals surface area contributed by atoms with Crippen molar-refractivity contribution in [2.75, 3.05) is 0 Å². The second kappa shape index (κ2) is 7.68. The molecule has 0 fully saturated rings. The summed E-state index contributed by atoms with van der Waals surface area (Å²) in [6, 6.07) is 17.3. The number of allylic oxidation sites excluding steroid dienone is 3. The molecular formula is C20H23B. The maximum atomic E-state index is 2.32. The second-order valence-electron chi connectivity index (χ2n) is 5.55. The van der Waals surface area contributed by atoms with Crippen molar-refractivity contribution in [3.05, 3.63) is 82.9 Å². The Labute approximate surface area is 129 Å². The van der Waals surface area contributed by atoms with Gasteiger partial charge in [-0.25, -0.2) is 0 Å².